The number of sulfonamides is 1. The van der Waals surface area contributed by atoms with Gasteiger partial charge in [-0.05, 0) is 12.8 Å². The van der Waals surface area contributed by atoms with Crippen LogP contribution in [0.15, 0.2) is 0 Å². The van der Waals surface area contributed by atoms with Gasteiger partial charge in [0, 0.05) is 13.0 Å². The molecular weight excluding hydrogens is 178 g/mol. The number of hydrogen-bond donors (Lipinski definition) is 0. The zero-order valence-corrected chi connectivity index (χ0v) is 7.93. The Morgan fingerprint density at radius 1 is 1.33 bits per heavy atom. The van der Waals surface area contributed by atoms with E-state index in [-0.39, 0.29) is 12.3 Å². The lowest BCUT2D eigenvalue weighted by molar-refractivity contribution is -0.118. The molecule has 0 amide bonds. The number of ketones is 1. The van der Waals surface area contributed by atoms with Gasteiger partial charge in [-0.3, -0.25) is 4.79 Å². The Kier molecular flexibility index (Phi) is 2.85. The Hall–Kier alpha value is -0.420. The topological polar surface area (TPSA) is 54.5 Å². The molecule has 0 aromatic heterocycles. The van der Waals surface area contributed by atoms with E-state index in [9.17, 15) is 13.2 Å². The van der Waals surface area contributed by atoms with Gasteiger partial charge in [0.25, 0.3) is 0 Å². The van der Waals surface area contributed by atoms with Crippen LogP contribution in [0.3, 0.4) is 0 Å². The first-order chi connectivity index (χ1) is 5.50. The maximum absolute atomic E-state index is 11.1. The van der Waals surface area contributed by atoms with E-state index in [0.29, 0.717) is 13.0 Å². The molecule has 1 aliphatic heterocycles. The standard InChI is InChI=1S/C7H13NO3S/c1-12(10,11)8-5-3-2-4-7(9)6-8/h2-6H2,1H3. The summed E-state index contributed by atoms with van der Waals surface area (Å²) in [6.07, 6.45) is 3.27. The molecule has 1 aliphatic rings. The van der Waals surface area contributed by atoms with Crippen LogP contribution in [0.1, 0.15) is 19.3 Å². The van der Waals surface area contributed by atoms with Crippen molar-refractivity contribution in [1.82, 2.24) is 4.31 Å². The van der Waals surface area contributed by atoms with Crippen LogP contribution < -0.4 is 0 Å². The van der Waals surface area contributed by atoms with E-state index in [2.05, 4.69) is 0 Å². The van der Waals surface area contributed by atoms with E-state index >= 15 is 0 Å². The predicted octanol–water partition coefficient (Wildman–Crippen LogP) is 0.00100. The van der Waals surface area contributed by atoms with E-state index in [1.165, 1.54) is 4.31 Å². The second kappa shape index (κ2) is 3.53. The van der Waals surface area contributed by atoms with Crippen molar-refractivity contribution >= 4 is 15.8 Å². The van der Waals surface area contributed by atoms with Gasteiger partial charge in [-0.1, -0.05) is 0 Å². The smallest absolute Gasteiger partial charge is 0.211 e. The van der Waals surface area contributed by atoms with Crippen LogP contribution in [0.2, 0.25) is 0 Å². The zero-order valence-electron chi connectivity index (χ0n) is 7.12. The molecule has 0 aromatic carbocycles. The maximum Gasteiger partial charge on any atom is 0.211 e. The molecule has 0 N–H and O–H groups in total. The van der Waals surface area contributed by atoms with Crippen molar-refractivity contribution in [2.75, 3.05) is 19.3 Å². The van der Waals surface area contributed by atoms with Gasteiger partial charge in [0.15, 0.2) is 0 Å². The summed E-state index contributed by atoms with van der Waals surface area (Å²) in [7, 11) is -3.17. The van der Waals surface area contributed by atoms with Gasteiger partial charge in [0.2, 0.25) is 10.0 Å². The third-order valence-electron chi connectivity index (χ3n) is 1.93. The average molecular weight is 191 g/mol. The molecule has 0 unspecified atom stereocenters. The minimum absolute atomic E-state index is 0.0259. The van der Waals surface area contributed by atoms with Crippen LogP contribution in [0.25, 0.3) is 0 Å². The van der Waals surface area contributed by atoms with E-state index in [4.69, 9.17) is 0 Å². The maximum atomic E-state index is 11.1. The molecule has 1 saturated heterocycles. The molecule has 4 nitrogen and oxygen atoms in total. The first-order valence-corrected chi connectivity index (χ1v) is 5.82. The minimum Gasteiger partial charge on any atom is -0.298 e. The molecule has 0 bridgehead atoms. The summed E-state index contributed by atoms with van der Waals surface area (Å²) in [4.78, 5) is 11.0. The first-order valence-electron chi connectivity index (χ1n) is 3.97. The summed E-state index contributed by atoms with van der Waals surface area (Å²) in [5, 5.41) is 0. The highest BCUT2D eigenvalue weighted by Crippen LogP contribution is 2.09. The Bertz CT molecular complexity index is 270. The van der Waals surface area contributed by atoms with Crippen LogP contribution in [-0.4, -0.2) is 37.9 Å². The Morgan fingerprint density at radius 3 is 2.58 bits per heavy atom. The zero-order chi connectivity index (χ0) is 9.19. The molecule has 0 radical (unpaired) electrons. The van der Waals surface area contributed by atoms with Crippen molar-refractivity contribution < 1.29 is 13.2 Å². The highest BCUT2D eigenvalue weighted by atomic mass is 32.2. The Morgan fingerprint density at radius 2 is 2.00 bits per heavy atom. The summed E-state index contributed by atoms with van der Waals surface area (Å²) in [5.41, 5.74) is 0. The first kappa shape index (κ1) is 9.67. The summed E-state index contributed by atoms with van der Waals surface area (Å²) < 4.78 is 23.4. The Balaban J connectivity index is 2.71. The minimum atomic E-state index is -3.17. The fourth-order valence-corrected chi connectivity index (χ4v) is 2.09. The van der Waals surface area contributed by atoms with Gasteiger partial charge in [0.05, 0.1) is 12.8 Å². The van der Waals surface area contributed by atoms with Crippen molar-refractivity contribution in [2.45, 2.75) is 19.3 Å². The summed E-state index contributed by atoms with van der Waals surface area (Å²) in [5.74, 6) is 0.0259. The largest absolute Gasteiger partial charge is 0.298 e. The number of carbonyl (C=O) groups is 1. The highest BCUT2D eigenvalue weighted by molar-refractivity contribution is 7.88. The molecule has 0 atom stereocenters. The SMILES string of the molecule is CS(=O)(=O)N1CCCCC(=O)C1. The fraction of sp³-hybridized carbons (Fsp3) is 0.857. The van der Waals surface area contributed by atoms with Crippen LogP contribution in [0.4, 0.5) is 0 Å². The van der Waals surface area contributed by atoms with E-state index in [1.54, 1.807) is 0 Å². The van der Waals surface area contributed by atoms with Gasteiger partial charge in [-0.25, -0.2) is 8.42 Å². The van der Waals surface area contributed by atoms with Crippen molar-refractivity contribution in [3.63, 3.8) is 0 Å². The lowest BCUT2D eigenvalue weighted by Crippen LogP contribution is -2.33. The second-order valence-corrected chi connectivity index (χ2v) is 5.07. The molecule has 12 heavy (non-hydrogen) atoms. The normalized spacial score (nSPS) is 22.2. The fourth-order valence-electron chi connectivity index (χ4n) is 1.25. The third kappa shape index (κ3) is 2.57. The monoisotopic (exact) mass is 191 g/mol. The Labute approximate surface area is 72.6 Å². The molecule has 0 saturated carbocycles. The predicted molar refractivity (Wildman–Crippen MR) is 45.3 cm³/mol. The molecule has 1 heterocycles. The number of rotatable bonds is 1. The summed E-state index contributed by atoms with van der Waals surface area (Å²) >= 11 is 0. The van der Waals surface area contributed by atoms with Crippen molar-refractivity contribution in [3.05, 3.63) is 0 Å². The molecule has 0 spiro atoms. The van der Waals surface area contributed by atoms with Crippen LogP contribution >= 0.6 is 0 Å². The number of Topliss-reactive ketones (excluding diaryl/α,β-unsaturated/α-hetero) is 1. The molecule has 0 aliphatic carbocycles. The quantitative estimate of drug-likeness (QED) is 0.586. The number of hydrogen-bond acceptors (Lipinski definition) is 3. The molecule has 0 aromatic rings. The number of carbonyl (C=O) groups excluding carboxylic acids is 1. The van der Waals surface area contributed by atoms with Gasteiger partial charge < -0.3 is 0 Å². The molecular formula is C7H13NO3S. The van der Waals surface area contributed by atoms with Crippen molar-refractivity contribution in [1.29, 1.82) is 0 Å². The van der Waals surface area contributed by atoms with Gasteiger partial charge in [0.1, 0.15) is 5.78 Å². The molecule has 1 rings (SSSR count). The van der Waals surface area contributed by atoms with Gasteiger partial charge in [-0.15, -0.1) is 0 Å². The highest BCUT2D eigenvalue weighted by Gasteiger charge is 2.21. The molecule has 5 heteroatoms. The third-order valence-corrected chi connectivity index (χ3v) is 3.18. The van der Waals surface area contributed by atoms with Crippen LogP contribution in [-0.2, 0) is 14.8 Å². The van der Waals surface area contributed by atoms with Crippen molar-refractivity contribution in [2.24, 2.45) is 0 Å². The summed E-state index contributed by atoms with van der Waals surface area (Å²) in [6, 6.07) is 0. The van der Waals surface area contributed by atoms with E-state index < -0.39 is 10.0 Å². The second-order valence-electron chi connectivity index (χ2n) is 3.09. The van der Waals surface area contributed by atoms with Crippen LogP contribution in [0, 0.1) is 0 Å². The summed E-state index contributed by atoms with van der Waals surface area (Å²) in [6.45, 7) is 0.559. The van der Waals surface area contributed by atoms with Gasteiger partial charge >= 0.3 is 0 Å². The lowest BCUT2D eigenvalue weighted by atomic mass is 10.2. The molecule has 70 valence electrons. The number of nitrogens with zero attached hydrogens (tertiary/aromatic N) is 1. The van der Waals surface area contributed by atoms with Crippen LogP contribution in [0.5, 0.6) is 0 Å². The average Bonchev–Trinajstić information content (AvgIpc) is 2.11. The van der Waals surface area contributed by atoms with E-state index in [0.717, 1.165) is 19.1 Å². The van der Waals surface area contributed by atoms with Gasteiger partial charge in [-0.2, -0.15) is 4.31 Å². The van der Waals surface area contributed by atoms with E-state index in [1.807, 2.05) is 0 Å². The lowest BCUT2D eigenvalue weighted by Gasteiger charge is -2.15. The van der Waals surface area contributed by atoms with Crippen molar-refractivity contribution in [3.8, 4) is 0 Å². The molecule has 1 fully saturated rings.